The van der Waals surface area contributed by atoms with Crippen molar-refractivity contribution in [3.05, 3.63) is 34.0 Å². The number of hydrogen-bond donors (Lipinski definition) is 1. The van der Waals surface area contributed by atoms with Gasteiger partial charge in [0.1, 0.15) is 0 Å². The minimum absolute atomic E-state index is 0.105. The van der Waals surface area contributed by atoms with Gasteiger partial charge in [0, 0.05) is 24.4 Å². The summed E-state index contributed by atoms with van der Waals surface area (Å²) in [5, 5.41) is 3.12. The number of carbonyl (C=O) groups is 2. The third-order valence-electron chi connectivity index (χ3n) is 3.96. The van der Waals surface area contributed by atoms with Crippen LogP contribution in [0.3, 0.4) is 0 Å². The van der Waals surface area contributed by atoms with Crippen LogP contribution in [0.5, 0.6) is 11.5 Å². The second-order valence-electron chi connectivity index (χ2n) is 5.16. The van der Waals surface area contributed by atoms with Crippen molar-refractivity contribution in [2.24, 2.45) is 0 Å². The minimum atomic E-state index is -0.729. The molecule has 3 rings (SSSR count). The molecule has 1 aromatic rings. The number of urea groups is 1. The van der Waals surface area contributed by atoms with Gasteiger partial charge in [-0.05, 0) is 13.0 Å². The van der Waals surface area contributed by atoms with E-state index in [2.05, 4.69) is 5.32 Å². The molecule has 0 aliphatic carbocycles. The van der Waals surface area contributed by atoms with Crippen LogP contribution >= 0.6 is 11.6 Å². The number of esters is 1. The van der Waals surface area contributed by atoms with E-state index >= 15 is 0 Å². The zero-order valence-electron chi connectivity index (χ0n) is 12.8. The molecule has 0 spiro atoms. The molecule has 23 heavy (non-hydrogen) atoms. The fraction of sp³-hybridized carbons (Fsp3) is 0.333. The number of nitrogens with zero attached hydrogens (tertiary/aromatic N) is 1. The van der Waals surface area contributed by atoms with Gasteiger partial charge in [-0.25, -0.2) is 9.59 Å². The average Bonchev–Trinajstić information content (AvgIpc) is 2.98. The number of amides is 2. The summed E-state index contributed by atoms with van der Waals surface area (Å²) in [6, 6.07) is 2.20. The molecule has 0 bridgehead atoms. The topological polar surface area (TPSA) is 77.1 Å². The first-order valence-corrected chi connectivity index (χ1v) is 7.24. The maximum atomic E-state index is 12.2. The second kappa shape index (κ2) is 5.66. The van der Waals surface area contributed by atoms with Crippen molar-refractivity contribution in [3.63, 3.8) is 0 Å². The lowest BCUT2D eigenvalue weighted by atomic mass is 9.94. The highest BCUT2D eigenvalue weighted by molar-refractivity contribution is 6.31. The SMILES string of the molecule is COC(=O)C1=C(C)N(C)C(=O)NC1c1cc2c(cc1Cl)OCO2. The first-order chi connectivity index (χ1) is 10.9. The van der Waals surface area contributed by atoms with Crippen LogP contribution in [0.4, 0.5) is 4.79 Å². The van der Waals surface area contributed by atoms with Crippen LogP contribution in [0, 0.1) is 0 Å². The van der Waals surface area contributed by atoms with Crippen molar-refractivity contribution in [1.29, 1.82) is 0 Å². The highest BCUT2D eigenvalue weighted by Gasteiger charge is 2.36. The number of ether oxygens (including phenoxy) is 3. The molecule has 0 aromatic heterocycles. The van der Waals surface area contributed by atoms with Crippen molar-refractivity contribution in [2.45, 2.75) is 13.0 Å². The number of carbonyl (C=O) groups excluding carboxylic acids is 2. The maximum Gasteiger partial charge on any atom is 0.337 e. The molecule has 0 radical (unpaired) electrons. The Morgan fingerprint density at radius 1 is 1.39 bits per heavy atom. The predicted octanol–water partition coefficient (Wildman–Crippen LogP) is 2.21. The van der Waals surface area contributed by atoms with Crippen molar-refractivity contribution >= 4 is 23.6 Å². The molecular formula is C15H15ClN2O5. The zero-order valence-corrected chi connectivity index (χ0v) is 13.6. The number of fused-ring (bicyclic) bond motifs is 1. The van der Waals surface area contributed by atoms with Crippen LogP contribution in [0.1, 0.15) is 18.5 Å². The van der Waals surface area contributed by atoms with Crippen molar-refractivity contribution in [3.8, 4) is 11.5 Å². The monoisotopic (exact) mass is 338 g/mol. The van der Waals surface area contributed by atoms with Crippen molar-refractivity contribution < 1.29 is 23.8 Å². The van der Waals surface area contributed by atoms with Gasteiger partial charge in [0.2, 0.25) is 6.79 Å². The fourth-order valence-corrected chi connectivity index (χ4v) is 2.86. The summed E-state index contributed by atoms with van der Waals surface area (Å²) >= 11 is 6.31. The molecule has 2 aliphatic rings. The van der Waals surface area contributed by atoms with Crippen LogP contribution in [0.2, 0.25) is 5.02 Å². The normalized spacial score (nSPS) is 19.7. The van der Waals surface area contributed by atoms with E-state index in [1.165, 1.54) is 12.0 Å². The van der Waals surface area contributed by atoms with E-state index in [0.29, 0.717) is 33.4 Å². The fourth-order valence-electron chi connectivity index (χ4n) is 2.60. The Morgan fingerprint density at radius 2 is 2.04 bits per heavy atom. The van der Waals surface area contributed by atoms with E-state index < -0.39 is 12.0 Å². The third kappa shape index (κ3) is 2.46. The van der Waals surface area contributed by atoms with Gasteiger partial charge in [-0.15, -0.1) is 0 Å². The maximum absolute atomic E-state index is 12.2. The molecule has 1 N–H and O–H groups in total. The molecule has 1 atom stereocenters. The molecule has 7 nitrogen and oxygen atoms in total. The summed E-state index contributed by atoms with van der Waals surface area (Å²) in [6.45, 7) is 1.78. The molecule has 2 amide bonds. The van der Waals surface area contributed by atoms with Gasteiger partial charge in [-0.3, -0.25) is 0 Å². The lowest BCUT2D eigenvalue weighted by Crippen LogP contribution is -2.46. The van der Waals surface area contributed by atoms with Crippen LogP contribution in [-0.4, -0.2) is 37.9 Å². The van der Waals surface area contributed by atoms with Crippen LogP contribution in [0.15, 0.2) is 23.4 Å². The Hall–Kier alpha value is -2.41. The summed E-state index contributed by atoms with van der Waals surface area (Å²) in [6.07, 6.45) is 0. The number of methoxy groups -OCH3 is 1. The molecule has 0 saturated heterocycles. The lowest BCUT2D eigenvalue weighted by Gasteiger charge is -2.33. The summed E-state index contributed by atoms with van der Waals surface area (Å²) in [5.41, 5.74) is 1.35. The Morgan fingerprint density at radius 3 is 2.70 bits per heavy atom. The van der Waals surface area contributed by atoms with Crippen molar-refractivity contribution in [1.82, 2.24) is 10.2 Å². The minimum Gasteiger partial charge on any atom is -0.466 e. The first kappa shape index (κ1) is 15.5. The molecule has 1 aromatic carbocycles. The molecule has 0 saturated carbocycles. The molecule has 8 heteroatoms. The quantitative estimate of drug-likeness (QED) is 0.837. The zero-order chi connectivity index (χ0) is 16.7. The van der Waals surface area contributed by atoms with Gasteiger partial charge in [0.25, 0.3) is 0 Å². The van der Waals surface area contributed by atoms with E-state index in [-0.39, 0.29) is 12.8 Å². The smallest absolute Gasteiger partial charge is 0.337 e. The summed E-state index contributed by atoms with van der Waals surface area (Å²) in [5.74, 6) is 0.505. The van der Waals surface area contributed by atoms with E-state index in [9.17, 15) is 9.59 Å². The van der Waals surface area contributed by atoms with Gasteiger partial charge in [-0.2, -0.15) is 0 Å². The van der Waals surface area contributed by atoms with Crippen LogP contribution < -0.4 is 14.8 Å². The van der Waals surface area contributed by atoms with E-state index in [1.807, 2.05) is 0 Å². The van der Waals surface area contributed by atoms with E-state index in [0.717, 1.165) is 0 Å². The van der Waals surface area contributed by atoms with Gasteiger partial charge >= 0.3 is 12.0 Å². The van der Waals surface area contributed by atoms with Crippen LogP contribution in [-0.2, 0) is 9.53 Å². The molecule has 1 unspecified atom stereocenters. The highest BCUT2D eigenvalue weighted by atomic mass is 35.5. The lowest BCUT2D eigenvalue weighted by molar-refractivity contribution is -0.136. The van der Waals surface area contributed by atoms with Gasteiger partial charge in [0.05, 0.1) is 23.7 Å². The molecule has 0 fully saturated rings. The van der Waals surface area contributed by atoms with Crippen molar-refractivity contribution in [2.75, 3.05) is 21.0 Å². The predicted molar refractivity (Wildman–Crippen MR) is 81.3 cm³/mol. The van der Waals surface area contributed by atoms with Crippen LogP contribution in [0.25, 0.3) is 0 Å². The standard InChI is InChI=1S/C15H15ClN2O5/c1-7-12(14(19)21-3)13(17-15(20)18(7)2)8-4-10-11(5-9(8)16)23-6-22-10/h4-5,13H,6H2,1-3H3,(H,17,20). The van der Waals surface area contributed by atoms with Gasteiger partial charge in [0.15, 0.2) is 11.5 Å². The van der Waals surface area contributed by atoms with Gasteiger partial charge < -0.3 is 24.4 Å². The molecule has 122 valence electrons. The summed E-state index contributed by atoms with van der Waals surface area (Å²) in [7, 11) is 2.86. The Kier molecular flexibility index (Phi) is 3.81. The number of allylic oxidation sites excluding steroid dienone is 1. The molecule has 2 heterocycles. The molecular weight excluding hydrogens is 324 g/mol. The Labute approximate surface area is 137 Å². The number of nitrogens with one attached hydrogen (secondary N) is 1. The highest BCUT2D eigenvalue weighted by Crippen LogP contribution is 2.42. The Bertz CT molecular complexity index is 731. The Balaban J connectivity index is 2.13. The number of halogens is 1. The number of benzene rings is 1. The van der Waals surface area contributed by atoms with E-state index in [4.69, 9.17) is 25.8 Å². The first-order valence-electron chi connectivity index (χ1n) is 6.86. The average molecular weight is 339 g/mol. The number of rotatable bonds is 2. The third-order valence-corrected chi connectivity index (χ3v) is 4.29. The summed E-state index contributed by atoms with van der Waals surface area (Å²) < 4.78 is 15.5. The number of hydrogen-bond acceptors (Lipinski definition) is 5. The largest absolute Gasteiger partial charge is 0.466 e. The van der Waals surface area contributed by atoms with Gasteiger partial charge in [-0.1, -0.05) is 11.6 Å². The second-order valence-corrected chi connectivity index (χ2v) is 5.57. The molecule has 2 aliphatic heterocycles. The summed E-state index contributed by atoms with van der Waals surface area (Å²) in [4.78, 5) is 25.7. The van der Waals surface area contributed by atoms with E-state index in [1.54, 1.807) is 26.1 Å².